The number of aryl methyl sites for hydroxylation is 2. The Morgan fingerprint density at radius 1 is 1.23 bits per heavy atom. The van der Waals surface area contributed by atoms with E-state index in [1.807, 2.05) is 27.9 Å². The summed E-state index contributed by atoms with van der Waals surface area (Å²) >= 11 is 0. The third kappa shape index (κ3) is 1.75. The van der Waals surface area contributed by atoms with Crippen molar-refractivity contribution in [1.82, 2.24) is 9.88 Å². The maximum absolute atomic E-state index is 5.59. The Morgan fingerprint density at radius 3 is 2.08 bits per heavy atom. The first-order valence-corrected chi connectivity index (χ1v) is 4.47. The number of hydrogen-bond acceptors (Lipinski definition) is 3. The summed E-state index contributed by atoms with van der Waals surface area (Å²) in [6.07, 6.45) is 0. The Labute approximate surface area is 79.8 Å². The average molecular weight is 182 g/mol. The van der Waals surface area contributed by atoms with Crippen LogP contribution in [-0.4, -0.2) is 24.0 Å². The molecular formula is C10H18N2O. The molecule has 0 aliphatic heterocycles. The van der Waals surface area contributed by atoms with Gasteiger partial charge in [-0.3, -0.25) is 4.90 Å². The van der Waals surface area contributed by atoms with Crippen molar-refractivity contribution in [3.63, 3.8) is 0 Å². The fourth-order valence-electron chi connectivity index (χ4n) is 0.926. The molecule has 0 aliphatic rings. The molecule has 0 spiro atoms. The van der Waals surface area contributed by atoms with Crippen molar-refractivity contribution in [2.45, 2.75) is 33.2 Å². The van der Waals surface area contributed by atoms with E-state index in [4.69, 9.17) is 4.42 Å². The maximum atomic E-state index is 5.59. The fraction of sp³-hybridized carbons (Fsp3) is 0.700. The molecule has 0 N–H and O–H groups in total. The van der Waals surface area contributed by atoms with E-state index in [0.717, 1.165) is 17.3 Å². The Balaban J connectivity index is 3.07. The van der Waals surface area contributed by atoms with Gasteiger partial charge in [-0.25, -0.2) is 4.98 Å². The Kier molecular flexibility index (Phi) is 2.48. The molecule has 0 amide bonds. The van der Waals surface area contributed by atoms with E-state index in [-0.39, 0.29) is 5.54 Å². The van der Waals surface area contributed by atoms with Gasteiger partial charge in [-0.1, -0.05) is 0 Å². The molecule has 0 unspecified atom stereocenters. The zero-order chi connectivity index (χ0) is 10.2. The smallest absolute Gasteiger partial charge is 0.214 e. The van der Waals surface area contributed by atoms with Crippen molar-refractivity contribution in [1.29, 1.82) is 0 Å². The van der Waals surface area contributed by atoms with Crippen LogP contribution < -0.4 is 0 Å². The third-order valence-electron chi connectivity index (χ3n) is 2.67. The van der Waals surface area contributed by atoms with Crippen LogP contribution in [0.3, 0.4) is 0 Å². The van der Waals surface area contributed by atoms with E-state index < -0.39 is 0 Å². The van der Waals surface area contributed by atoms with Crippen LogP contribution in [0.2, 0.25) is 0 Å². The lowest BCUT2D eigenvalue weighted by Gasteiger charge is -2.28. The molecule has 1 heterocycles. The molecule has 13 heavy (non-hydrogen) atoms. The van der Waals surface area contributed by atoms with E-state index in [9.17, 15) is 0 Å². The van der Waals surface area contributed by atoms with Crippen molar-refractivity contribution in [2.24, 2.45) is 0 Å². The first-order chi connectivity index (χ1) is 5.85. The van der Waals surface area contributed by atoms with Crippen LogP contribution >= 0.6 is 0 Å². The van der Waals surface area contributed by atoms with Crippen LogP contribution in [-0.2, 0) is 5.54 Å². The van der Waals surface area contributed by atoms with Gasteiger partial charge in [0.25, 0.3) is 0 Å². The largest absolute Gasteiger partial charge is 0.444 e. The van der Waals surface area contributed by atoms with Crippen molar-refractivity contribution in [3.05, 3.63) is 17.3 Å². The van der Waals surface area contributed by atoms with Crippen molar-refractivity contribution in [2.75, 3.05) is 14.1 Å². The van der Waals surface area contributed by atoms with Crippen molar-refractivity contribution in [3.8, 4) is 0 Å². The fourth-order valence-corrected chi connectivity index (χ4v) is 0.926. The minimum absolute atomic E-state index is 0.140. The lowest BCUT2D eigenvalue weighted by molar-refractivity contribution is 0.154. The molecule has 0 aromatic carbocycles. The molecule has 1 rings (SSSR count). The van der Waals surface area contributed by atoms with Crippen molar-refractivity contribution < 1.29 is 4.42 Å². The van der Waals surface area contributed by atoms with Gasteiger partial charge in [0.2, 0.25) is 5.89 Å². The van der Waals surface area contributed by atoms with E-state index >= 15 is 0 Å². The van der Waals surface area contributed by atoms with Crippen LogP contribution in [0.15, 0.2) is 4.42 Å². The molecular weight excluding hydrogens is 164 g/mol. The lowest BCUT2D eigenvalue weighted by atomic mass is 10.1. The van der Waals surface area contributed by atoms with Crippen LogP contribution in [0, 0.1) is 13.8 Å². The lowest BCUT2D eigenvalue weighted by Crippen LogP contribution is -2.35. The summed E-state index contributed by atoms with van der Waals surface area (Å²) in [7, 11) is 4.05. The molecule has 0 aliphatic carbocycles. The van der Waals surface area contributed by atoms with Crippen LogP contribution in [0.5, 0.6) is 0 Å². The quantitative estimate of drug-likeness (QED) is 0.701. The van der Waals surface area contributed by atoms with Gasteiger partial charge in [0.1, 0.15) is 5.76 Å². The van der Waals surface area contributed by atoms with E-state index in [1.54, 1.807) is 0 Å². The number of hydrogen-bond donors (Lipinski definition) is 0. The van der Waals surface area contributed by atoms with Gasteiger partial charge in [-0.05, 0) is 41.8 Å². The summed E-state index contributed by atoms with van der Waals surface area (Å²) in [5, 5.41) is 0. The number of aromatic nitrogens is 1. The Hall–Kier alpha value is -0.830. The monoisotopic (exact) mass is 182 g/mol. The summed E-state index contributed by atoms with van der Waals surface area (Å²) in [6.45, 7) is 8.10. The van der Waals surface area contributed by atoms with Gasteiger partial charge in [0.15, 0.2) is 0 Å². The highest BCUT2D eigenvalue weighted by Gasteiger charge is 2.29. The number of nitrogens with zero attached hydrogens (tertiary/aromatic N) is 2. The minimum Gasteiger partial charge on any atom is -0.444 e. The Bertz CT molecular complexity index is 280. The van der Waals surface area contributed by atoms with Gasteiger partial charge >= 0.3 is 0 Å². The highest BCUT2D eigenvalue weighted by molar-refractivity contribution is 5.10. The molecule has 3 nitrogen and oxygen atoms in total. The van der Waals surface area contributed by atoms with Crippen molar-refractivity contribution >= 4 is 0 Å². The van der Waals surface area contributed by atoms with E-state index in [2.05, 4.69) is 23.7 Å². The zero-order valence-electron chi connectivity index (χ0n) is 9.30. The molecule has 0 fully saturated rings. The molecule has 0 radical (unpaired) electrons. The van der Waals surface area contributed by atoms with Crippen LogP contribution in [0.25, 0.3) is 0 Å². The molecule has 0 atom stereocenters. The van der Waals surface area contributed by atoms with Gasteiger partial charge < -0.3 is 4.42 Å². The molecule has 3 heteroatoms. The standard InChI is InChI=1S/C10H18N2O/c1-7-8(2)13-9(11-7)10(3,4)12(5)6/h1-6H3. The van der Waals surface area contributed by atoms with Crippen LogP contribution in [0.4, 0.5) is 0 Å². The van der Waals surface area contributed by atoms with Crippen LogP contribution in [0.1, 0.15) is 31.2 Å². The summed E-state index contributed by atoms with van der Waals surface area (Å²) in [5.41, 5.74) is 0.837. The molecule has 0 saturated carbocycles. The number of oxazole rings is 1. The number of rotatable bonds is 2. The van der Waals surface area contributed by atoms with E-state index in [1.165, 1.54) is 0 Å². The Morgan fingerprint density at radius 2 is 1.77 bits per heavy atom. The summed E-state index contributed by atoms with van der Waals surface area (Å²) in [4.78, 5) is 6.49. The molecule has 0 bridgehead atoms. The van der Waals surface area contributed by atoms with Gasteiger partial charge in [0.05, 0.1) is 11.2 Å². The molecule has 74 valence electrons. The highest BCUT2D eigenvalue weighted by atomic mass is 16.4. The highest BCUT2D eigenvalue weighted by Crippen LogP contribution is 2.25. The second-order valence-corrected chi connectivity index (χ2v) is 4.11. The second kappa shape index (κ2) is 3.14. The zero-order valence-corrected chi connectivity index (χ0v) is 9.30. The summed E-state index contributed by atoms with van der Waals surface area (Å²) in [5.74, 6) is 1.69. The molecule has 1 aromatic rings. The maximum Gasteiger partial charge on any atom is 0.214 e. The predicted octanol–water partition coefficient (Wildman–Crippen LogP) is 2.09. The van der Waals surface area contributed by atoms with E-state index in [0.29, 0.717) is 0 Å². The van der Waals surface area contributed by atoms with Gasteiger partial charge in [0, 0.05) is 0 Å². The first-order valence-electron chi connectivity index (χ1n) is 4.47. The molecule has 1 aromatic heterocycles. The average Bonchev–Trinajstić information content (AvgIpc) is 2.32. The van der Waals surface area contributed by atoms with Gasteiger partial charge in [-0.15, -0.1) is 0 Å². The third-order valence-corrected chi connectivity index (χ3v) is 2.67. The predicted molar refractivity (Wildman–Crippen MR) is 52.7 cm³/mol. The summed E-state index contributed by atoms with van der Waals surface area (Å²) < 4.78 is 5.59. The SMILES string of the molecule is Cc1nc(C(C)(C)N(C)C)oc1C. The summed E-state index contributed by atoms with van der Waals surface area (Å²) in [6, 6.07) is 0. The topological polar surface area (TPSA) is 29.3 Å². The normalized spacial score (nSPS) is 12.5. The second-order valence-electron chi connectivity index (χ2n) is 4.11. The minimum atomic E-state index is -0.140. The van der Waals surface area contributed by atoms with Gasteiger partial charge in [-0.2, -0.15) is 0 Å². The molecule has 0 saturated heterocycles. The first kappa shape index (κ1) is 10.3.